The number of carbonyl (C=O) groups excluding carboxylic acids is 1. The number of halogens is 4. The second-order valence-electron chi connectivity index (χ2n) is 1.80. The highest BCUT2D eigenvalue weighted by molar-refractivity contribution is 7.17. The smallest absolute Gasteiger partial charge is 0.297 e. The second kappa shape index (κ2) is 3.02. The van der Waals surface area contributed by atoms with Crippen molar-refractivity contribution in [1.29, 1.82) is 0 Å². The summed E-state index contributed by atoms with van der Waals surface area (Å²) in [4.78, 5) is 12.6. The highest BCUT2D eigenvalue weighted by Gasteiger charge is 2.37. The van der Waals surface area contributed by atoms with Crippen molar-refractivity contribution in [3.8, 4) is 0 Å². The fraction of sp³-hybridized carbons (Fsp3) is 0.200. The fourth-order valence-electron chi connectivity index (χ4n) is 0.588. The molecule has 0 unspecified atom stereocenters. The molecule has 0 saturated carbocycles. The molecule has 0 atom stereocenters. The Bertz CT molecular complexity index is 308. The van der Waals surface area contributed by atoms with Crippen molar-refractivity contribution in [2.24, 2.45) is 0 Å². The van der Waals surface area contributed by atoms with Crippen molar-refractivity contribution in [2.75, 3.05) is 0 Å². The Hall–Kier alpha value is -0.620. The van der Waals surface area contributed by atoms with E-state index in [1.165, 1.54) is 0 Å². The first-order chi connectivity index (χ1) is 5.45. The monoisotopic (exact) mass is 215 g/mol. The number of hydrogen-bond acceptors (Lipinski definition) is 3. The maximum absolute atomic E-state index is 12.0. The molecule has 0 amide bonds. The van der Waals surface area contributed by atoms with E-state index in [9.17, 15) is 18.0 Å². The van der Waals surface area contributed by atoms with Crippen molar-refractivity contribution in [3.05, 3.63) is 15.0 Å². The van der Waals surface area contributed by atoms with Gasteiger partial charge in [-0.2, -0.15) is 13.2 Å². The molecule has 0 N–H and O–H groups in total. The molecule has 0 aliphatic carbocycles. The van der Waals surface area contributed by atoms with Crippen molar-refractivity contribution in [1.82, 2.24) is 4.98 Å². The van der Waals surface area contributed by atoms with Gasteiger partial charge in [0.05, 0.1) is 0 Å². The molecule has 12 heavy (non-hydrogen) atoms. The van der Waals surface area contributed by atoms with Gasteiger partial charge < -0.3 is 0 Å². The predicted octanol–water partition coefficient (Wildman–Crippen LogP) is 2.63. The zero-order chi connectivity index (χ0) is 9.35. The summed E-state index contributed by atoms with van der Waals surface area (Å²) in [5.74, 6) is 0. The van der Waals surface area contributed by atoms with Crippen molar-refractivity contribution >= 4 is 29.2 Å². The Kier molecular flexibility index (Phi) is 2.39. The van der Waals surface area contributed by atoms with E-state index >= 15 is 0 Å². The van der Waals surface area contributed by atoms with Crippen molar-refractivity contribution in [3.63, 3.8) is 0 Å². The lowest BCUT2D eigenvalue weighted by atomic mass is 10.4. The summed E-state index contributed by atoms with van der Waals surface area (Å²) in [7, 11) is 0. The number of thiazole rings is 1. The van der Waals surface area contributed by atoms with Gasteiger partial charge in [0.2, 0.25) is 0 Å². The Morgan fingerprint density at radius 3 is 2.42 bits per heavy atom. The SMILES string of the molecule is O=Cc1sc(Cl)nc1C(F)(F)F. The van der Waals surface area contributed by atoms with Gasteiger partial charge in [-0.15, -0.1) is 0 Å². The van der Waals surface area contributed by atoms with Crippen LogP contribution in [-0.2, 0) is 6.18 Å². The number of nitrogens with zero attached hydrogens (tertiary/aromatic N) is 1. The van der Waals surface area contributed by atoms with Crippen LogP contribution in [0.2, 0.25) is 4.47 Å². The summed E-state index contributed by atoms with van der Waals surface area (Å²) in [5, 5.41) is 0. The van der Waals surface area contributed by atoms with Gasteiger partial charge in [0.1, 0.15) is 4.88 Å². The average molecular weight is 216 g/mol. The summed E-state index contributed by atoms with van der Waals surface area (Å²) in [6.45, 7) is 0. The van der Waals surface area contributed by atoms with Crippen LogP contribution in [0.15, 0.2) is 0 Å². The molecule has 7 heteroatoms. The standard InChI is InChI=1S/C5HClF3NOS/c6-4-10-3(5(7,8)9)2(1-11)12-4/h1H. The first-order valence-corrected chi connectivity index (χ1v) is 3.83. The minimum atomic E-state index is -4.61. The third-order valence-corrected chi connectivity index (χ3v) is 2.09. The number of hydrogen-bond donors (Lipinski definition) is 0. The number of rotatable bonds is 1. The Balaban J connectivity index is 3.22. The topological polar surface area (TPSA) is 30.0 Å². The largest absolute Gasteiger partial charge is 0.434 e. The van der Waals surface area contributed by atoms with E-state index in [4.69, 9.17) is 11.6 Å². The maximum Gasteiger partial charge on any atom is 0.434 e. The van der Waals surface area contributed by atoms with Gasteiger partial charge in [0.15, 0.2) is 16.4 Å². The molecule has 66 valence electrons. The minimum Gasteiger partial charge on any atom is -0.297 e. The van der Waals surface area contributed by atoms with E-state index in [1.54, 1.807) is 0 Å². The van der Waals surface area contributed by atoms with E-state index in [1.807, 2.05) is 0 Å². The van der Waals surface area contributed by atoms with Crippen LogP contribution in [0.3, 0.4) is 0 Å². The normalized spacial score (nSPS) is 11.7. The van der Waals surface area contributed by atoms with Crippen LogP contribution in [0.4, 0.5) is 13.2 Å². The highest BCUT2D eigenvalue weighted by atomic mass is 35.5. The number of aromatic nitrogens is 1. The summed E-state index contributed by atoms with van der Waals surface area (Å²) >= 11 is 5.71. The molecule has 1 rings (SSSR count). The Morgan fingerprint density at radius 1 is 1.50 bits per heavy atom. The van der Waals surface area contributed by atoms with Gasteiger partial charge in [-0.25, -0.2) is 4.98 Å². The number of alkyl halides is 3. The van der Waals surface area contributed by atoms with Crippen LogP contribution in [0.25, 0.3) is 0 Å². The summed E-state index contributed by atoms with van der Waals surface area (Å²) in [6.07, 6.45) is -4.52. The molecule has 2 nitrogen and oxygen atoms in total. The molecule has 1 heterocycles. The van der Waals surface area contributed by atoms with Crippen LogP contribution in [0.1, 0.15) is 15.4 Å². The van der Waals surface area contributed by atoms with Gasteiger partial charge in [-0.3, -0.25) is 4.79 Å². The van der Waals surface area contributed by atoms with E-state index in [0.29, 0.717) is 11.3 Å². The van der Waals surface area contributed by atoms with Gasteiger partial charge in [0.25, 0.3) is 0 Å². The predicted molar refractivity (Wildman–Crippen MR) is 37.5 cm³/mol. The lowest BCUT2D eigenvalue weighted by Gasteiger charge is -2.00. The molecule has 0 saturated heterocycles. The molecular formula is C5HClF3NOS. The average Bonchev–Trinajstić information content (AvgIpc) is 2.29. The third-order valence-electron chi connectivity index (χ3n) is 1.00. The summed E-state index contributed by atoms with van der Waals surface area (Å²) in [6, 6.07) is 0. The lowest BCUT2D eigenvalue weighted by Crippen LogP contribution is -2.07. The van der Waals surface area contributed by atoms with E-state index in [0.717, 1.165) is 0 Å². The lowest BCUT2D eigenvalue weighted by molar-refractivity contribution is -0.140. The fourth-order valence-corrected chi connectivity index (χ4v) is 1.55. The number of aldehydes is 1. The first kappa shape index (κ1) is 9.47. The molecule has 0 spiro atoms. The van der Waals surface area contributed by atoms with Crippen LogP contribution in [0, 0.1) is 0 Å². The van der Waals surface area contributed by atoms with Crippen LogP contribution in [-0.4, -0.2) is 11.3 Å². The van der Waals surface area contributed by atoms with Gasteiger partial charge in [-0.05, 0) is 0 Å². The quantitative estimate of drug-likeness (QED) is 0.674. The molecule has 0 bridgehead atoms. The van der Waals surface area contributed by atoms with Gasteiger partial charge in [0, 0.05) is 0 Å². The third kappa shape index (κ3) is 1.75. The minimum absolute atomic E-state index is 0.0897. The Morgan fingerprint density at radius 2 is 2.08 bits per heavy atom. The van der Waals surface area contributed by atoms with Crippen LogP contribution < -0.4 is 0 Å². The van der Waals surface area contributed by atoms with E-state index in [-0.39, 0.29) is 10.8 Å². The van der Waals surface area contributed by atoms with Crippen molar-refractivity contribution < 1.29 is 18.0 Å². The summed E-state index contributed by atoms with van der Waals surface area (Å²) in [5.41, 5.74) is -1.22. The molecule has 0 fully saturated rings. The molecule has 1 aromatic rings. The van der Waals surface area contributed by atoms with Gasteiger partial charge in [-0.1, -0.05) is 22.9 Å². The van der Waals surface area contributed by atoms with Gasteiger partial charge >= 0.3 is 6.18 Å². The van der Waals surface area contributed by atoms with E-state index < -0.39 is 16.7 Å². The Labute approximate surface area is 74.0 Å². The molecule has 0 radical (unpaired) electrons. The zero-order valence-corrected chi connectivity index (χ0v) is 6.93. The first-order valence-electron chi connectivity index (χ1n) is 2.64. The molecular weight excluding hydrogens is 215 g/mol. The van der Waals surface area contributed by atoms with E-state index in [2.05, 4.69) is 4.98 Å². The summed E-state index contributed by atoms with van der Waals surface area (Å²) < 4.78 is 35.6. The van der Waals surface area contributed by atoms with Crippen molar-refractivity contribution in [2.45, 2.75) is 6.18 Å². The second-order valence-corrected chi connectivity index (χ2v) is 3.41. The molecule has 0 aliphatic rings. The molecule has 1 aromatic heterocycles. The molecule has 0 aromatic carbocycles. The van der Waals surface area contributed by atoms with Crippen LogP contribution in [0.5, 0.6) is 0 Å². The highest BCUT2D eigenvalue weighted by Crippen LogP contribution is 2.34. The maximum atomic E-state index is 12.0. The molecule has 0 aliphatic heterocycles. The zero-order valence-electron chi connectivity index (χ0n) is 5.35. The van der Waals surface area contributed by atoms with Crippen LogP contribution >= 0.6 is 22.9 Å². The number of carbonyl (C=O) groups is 1.